The van der Waals surface area contributed by atoms with E-state index in [9.17, 15) is 18.0 Å². The van der Waals surface area contributed by atoms with Crippen molar-refractivity contribution in [2.24, 2.45) is 7.05 Å². The van der Waals surface area contributed by atoms with Crippen molar-refractivity contribution in [2.45, 2.75) is 33.4 Å². The Morgan fingerprint density at radius 2 is 1.93 bits per heavy atom. The van der Waals surface area contributed by atoms with Crippen LogP contribution in [0.4, 0.5) is 30.2 Å². The Kier molecular flexibility index (Phi) is 9.15. The molecule has 0 atom stereocenters. The number of benzene rings is 2. The Hall–Kier alpha value is -3.74. The highest BCUT2D eigenvalue weighted by Crippen LogP contribution is 2.39. The second-order valence-corrected chi connectivity index (χ2v) is 10.4. The fraction of sp³-hybridized carbons (Fsp3) is 0.357. The highest BCUT2D eigenvalue weighted by Gasteiger charge is 2.35. The Morgan fingerprint density at radius 3 is 2.59 bits per heavy atom. The van der Waals surface area contributed by atoms with Crippen LogP contribution in [0.1, 0.15) is 46.1 Å². The van der Waals surface area contributed by atoms with Crippen molar-refractivity contribution in [3.05, 3.63) is 75.7 Å². The van der Waals surface area contributed by atoms with Crippen LogP contribution in [0.25, 0.3) is 5.70 Å². The number of hydrazine groups is 2. The minimum absolute atomic E-state index is 0.0526. The molecular formula is C28H34ClF3N8O. The number of carbonyl (C=O) groups is 1. The largest absolute Gasteiger partial charge is 0.417 e. The molecule has 0 fully saturated rings. The van der Waals surface area contributed by atoms with Crippen molar-refractivity contribution in [2.75, 3.05) is 42.3 Å². The molecule has 0 unspecified atom stereocenters. The number of alkyl halides is 3. The molecule has 9 nitrogen and oxygen atoms in total. The first-order valence-corrected chi connectivity index (χ1v) is 13.5. The number of amides is 1. The predicted octanol–water partition coefficient (Wildman–Crippen LogP) is 5.54. The van der Waals surface area contributed by atoms with Gasteiger partial charge in [-0.3, -0.25) is 14.5 Å². The third kappa shape index (κ3) is 6.95. The average molecular weight is 591 g/mol. The van der Waals surface area contributed by atoms with Gasteiger partial charge in [-0.25, -0.2) is 0 Å². The van der Waals surface area contributed by atoms with E-state index < -0.39 is 22.7 Å². The monoisotopic (exact) mass is 590 g/mol. The van der Waals surface area contributed by atoms with Gasteiger partial charge < -0.3 is 21.0 Å². The number of aryl methyl sites for hydroxylation is 2. The standard InChI is InChI=1S/C28H34ClF3N8O/c1-6-10-38(4)11-9-33-23-13-19(12-22(26(23)29)28(30,31)32)27(41)35-20-8-7-17(2)25(14-20)40-16-24(36-37-40)21-15-34-39(5)18(21)3/h7-8,12-16,33,36-37H,6,9-11H2,1-5H3,(H,35,41). The summed E-state index contributed by atoms with van der Waals surface area (Å²) in [5.41, 5.74) is 9.78. The van der Waals surface area contributed by atoms with E-state index in [-0.39, 0.29) is 11.3 Å². The molecule has 2 aromatic carbocycles. The molecule has 0 radical (unpaired) electrons. The summed E-state index contributed by atoms with van der Waals surface area (Å²) in [6, 6.07) is 7.37. The second-order valence-electron chi connectivity index (χ2n) is 9.99. The van der Waals surface area contributed by atoms with Crippen LogP contribution in [0.5, 0.6) is 0 Å². The number of hydrogen-bond acceptors (Lipinski definition) is 7. The molecule has 1 aliphatic rings. The smallest absolute Gasteiger partial charge is 0.383 e. The maximum Gasteiger partial charge on any atom is 0.417 e. The first kappa shape index (κ1) is 30.2. The summed E-state index contributed by atoms with van der Waals surface area (Å²) in [5.74, 6) is -0.692. The molecular weight excluding hydrogens is 557 g/mol. The highest BCUT2D eigenvalue weighted by molar-refractivity contribution is 6.34. The summed E-state index contributed by atoms with van der Waals surface area (Å²) in [6.07, 6.45) is -0.151. The summed E-state index contributed by atoms with van der Waals surface area (Å²) < 4.78 is 43.2. The maximum absolute atomic E-state index is 13.8. The molecule has 220 valence electrons. The van der Waals surface area contributed by atoms with Gasteiger partial charge in [-0.15, -0.1) is 5.53 Å². The van der Waals surface area contributed by atoms with E-state index in [0.29, 0.717) is 18.8 Å². The second kappa shape index (κ2) is 12.4. The van der Waals surface area contributed by atoms with E-state index in [0.717, 1.165) is 47.2 Å². The number of halogens is 4. The average Bonchev–Trinajstić information content (AvgIpc) is 3.52. The zero-order chi connectivity index (χ0) is 29.9. The van der Waals surface area contributed by atoms with Crippen LogP contribution in [0, 0.1) is 13.8 Å². The quantitative estimate of drug-likeness (QED) is 0.246. The molecule has 0 bridgehead atoms. The van der Waals surface area contributed by atoms with Crippen molar-refractivity contribution < 1.29 is 18.0 Å². The predicted molar refractivity (Wildman–Crippen MR) is 157 cm³/mol. The van der Waals surface area contributed by atoms with Crippen LogP contribution in [-0.2, 0) is 13.2 Å². The van der Waals surface area contributed by atoms with Crippen molar-refractivity contribution >= 4 is 40.3 Å². The molecule has 1 aliphatic heterocycles. The van der Waals surface area contributed by atoms with Crippen LogP contribution < -0.4 is 26.6 Å². The van der Waals surface area contributed by atoms with Crippen LogP contribution in [0.3, 0.4) is 0 Å². The van der Waals surface area contributed by atoms with Crippen molar-refractivity contribution in [3.8, 4) is 0 Å². The van der Waals surface area contributed by atoms with E-state index in [2.05, 4.69) is 31.6 Å². The van der Waals surface area contributed by atoms with E-state index in [4.69, 9.17) is 11.6 Å². The molecule has 2 heterocycles. The van der Waals surface area contributed by atoms with Gasteiger partial charge >= 0.3 is 6.18 Å². The Labute approximate surface area is 242 Å². The number of likely N-dealkylation sites (N-methyl/N-ethyl adjacent to an activating group) is 1. The summed E-state index contributed by atoms with van der Waals surface area (Å²) in [7, 11) is 3.79. The third-order valence-electron chi connectivity index (χ3n) is 6.88. The van der Waals surface area contributed by atoms with Crippen molar-refractivity contribution in [1.29, 1.82) is 0 Å². The van der Waals surface area contributed by atoms with Crippen molar-refractivity contribution in [3.63, 3.8) is 0 Å². The van der Waals surface area contributed by atoms with Gasteiger partial charge in [0.25, 0.3) is 5.91 Å². The van der Waals surface area contributed by atoms with Gasteiger partial charge in [0.15, 0.2) is 0 Å². The first-order chi connectivity index (χ1) is 19.4. The molecule has 0 saturated heterocycles. The summed E-state index contributed by atoms with van der Waals surface area (Å²) in [4.78, 5) is 15.3. The van der Waals surface area contributed by atoms with Crippen LogP contribution in [0.15, 0.2) is 42.7 Å². The number of carbonyl (C=O) groups excluding carboxylic acids is 1. The lowest BCUT2D eigenvalue weighted by Crippen LogP contribution is -2.36. The first-order valence-electron chi connectivity index (χ1n) is 13.2. The molecule has 1 aromatic heterocycles. The zero-order valence-corrected chi connectivity index (χ0v) is 24.3. The maximum atomic E-state index is 13.8. The number of hydrogen-bond donors (Lipinski definition) is 4. The lowest BCUT2D eigenvalue weighted by molar-refractivity contribution is -0.137. The summed E-state index contributed by atoms with van der Waals surface area (Å²) in [5, 5.41) is 11.3. The lowest BCUT2D eigenvalue weighted by Gasteiger charge is -2.20. The SMILES string of the molecule is CCCN(C)CCNc1cc(C(=O)Nc2ccc(C)c(N3C=C(c4cnn(C)c4C)NN3)c2)cc(C(F)(F)F)c1Cl. The highest BCUT2D eigenvalue weighted by atomic mass is 35.5. The molecule has 1 amide bonds. The van der Waals surface area contributed by atoms with E-state index >= 15 is 0 Å². The van der Waals surface area contributed by atoms with Crippen molar-refractivity contribution in [1.82, 2.24) is 25.6 Å². The van der Waals surface area contributed by atoms with Gasteiger partial charge in [0, 0.05) is 48.8 Å². The number of aromatic nitrogens is 2. The molecule has 41 heavy (non-hydrogen) atoms. The topological polar surface area (TPSA) is 89.5 Å². The van der Waals surface area contributed by atoms with Gasteiger partial charge in [0.1, 0.15) is 0 Å². The molecule has 3 aromatic rings. The normalized spacial score (nSPS) is 13.4. The fourth-order valence-corrected chi connectivity index (χ4v) is 4.74. The summed E-state index contributed by atoms with van der Waals surface area (Å²) in [6.45, 7) is 7.74. The molecule has 0 saturated carbocycles. The summed E-state index contributed by atoms with van der Waals surface area (Å²) >= 11 is 6.13. The van der Waals surface area contributed by atoms with Crippen LogP contribution >= 0.6 is 11.6 Å². The van der Waals surface area contributed by atoms with Gasteiger partial charge in [-0.2, -0.15) is 18.3 Å². The van der Waals surface area contributed by atoms with Gasteiger partial charge in [0.2, 0.25) is 0 Å². The molecule has 4 rings (SSSR count). The minimum atomic E-state index is -4.73. The van der Waals surface area contributed by atoms with Crippen LogP contribution in [0.2, 0.25) is 5.02 Å². The van der Waals surface area contributed by atoms with E-state index in [1.165, 1.54) is 6.07 Å². The van der Waals surface area contributed by atoms with Gasteiger partial charge in [-0.1, -0.05) is 24.6 Å². The van der Waals surface area contributed by atoms with E-state index in [1.807, 2.05) is 47.1 Å². The Balaban J connectivity index is 1.56. The molecule has 13 heteroatoms. The van der Waals surface area contributed by atoms with E-state index in [1.54, 1.807) is 28.0 Å². The molecule has 0 aliphatic carbocycles. The third-order valence-corrected chi connectivity index (χ3v) is 7.28. The van der Waals surface area contributed by atoms with Gasteiger partial charge in [0.05, 0.1) is 33.9 Å². The number of anilines is 3. The lowest BCUT2D eigenvalue weighted by atomic mass is 10.1. The molecule has 4 N–H and O–H groups in total. The fourth-order valence-electron chi connectivity index (χ4n) is 4.46. The minimum Gasteiger partial charge on any atom is -0.383 e. The van der Waals surface area contributed by atoms with Gasteiger partial charge in [-0.05, 0) is 63.7 Å². The number of nitrogens with one attached hydrogen (secondary N) is 4. The zero-order valence-electron chi connectivity index (χ0n) is 23.6. The molecule has 0 spiro atoms. The van der Waals surface area contributed by atoms with Crippen LogP contribution in [-0.4, -0.2) is 47.3 Å². The number of nitrogens with zero attached hydrogens (tertiary/aromatic N) is 4. The number of rotatable bonds is 10. The Morgan fingerprint density at radius 1 is 1.17 bits per heavy atom. The Bertz CT molecular complexity index is 1450.